The van der Waals surface area contributed by atoms with Gasteiger partial charge in [0.2, 0.25) is 0 Å². The fraction of sp³-hybridized carbons (Fsp3) is 0.282. The maximum absolute atomic E-state index is 13.3. The van der Waals surface area contributed by atoms with Crippen LogP contribution in [0.2, 0.25) is 0 Å². The number of nitrogens with one attached hydrogen (secondary N) is 2. The quantitative estimate of drug-likeness (QED) is 0.115. The van der Waals surface area contributed by atoms with Gasteiger partial charge < -0.3 is 24.8 Å². The lowest BCUT2D eigenvalue weighted by atomic mass is 10.0. The van der Waals surface area contributed by atoms with Crippen LogP contribution in [0.3, 0.4) is 0 Å². The van der Waals surface area contributed by atoms with Gasteiger partial charge in [-0.1, -0.05) is 53.7 Å². The number of allylic oxidation sites excluding steroid dienone is 3. The highest BCUT2D eigenvalue weighted by atomic mass is 16.6. The zero-order valence-corrected chi connectivity index (χ0v) is 29.7. The van der Waals surface area contributed by atoms with Crippen molar-refractivity contribution in [2.45, 2.75) is 58.7 Å². The van der Waals surface area contributed by atoms with Gasteiger partial charge in [0, 0.05) is 37.1 Å². The molecule has 6 rings (SSSR count). The van der Waals surface area contributed by atoms with Gasteiger partial charge in [0.05, 0.1) is 23.1 Å². The van der Waals surface area contributed by atoms with Gasteiger partial charge in [0.25, 0.3) is 0 Å². The average molecular weight is 700 g/mol. The third-order valence-corrected chi connectivity index (χ3v) is 8.30. The van der Waals surface area contributed by atoms with Crippen LogP contribution in [0, 0.1) is 0 Å². The fourth-order valence-corrected chi connectivity index (χ4v) is 5.84. The van der Waals surface area contributed by atoms with Gasteiger partial charge >= 0.3 is 17.9 Å². The number of likely N-dealkylation sites (tertiary alicyclic amines) is 1. The largest absolute Gasteiger partial charge is 0.444 e. The second kappa shape index (κ2) is 15.8. The molecule has 0 bridgehead atoms. The van der Waals surface area contributed by atoms with Crippen LogP contribution < -0.4 is 10.6 Å². The first-order chi connectivity index (χ1) is 25.1. The predicted octanol–water partition coefficient (Wildman–Crippen LogP) is 6.96. The number of anilines is 1. The molecule has 266 valence electrons. The predicted molar refractivity (Wildman–Crippen MR) is 200 cm³/mol. The lowest BCUT2D eigenvalue weighted by Crippen LogP contribution is -2.47. The van der Waals surface area contributed by atoms with Gasteiger partial charge in [0.15, 0.2) is 11.6 Å². The van der Waals surface area contributed by atoms with Crippen molar-refractivity contribution in [1.82, 2.24) is 35.3 Å². The Morgan fingerprint density at radius 1 is 1.00 bits per heavy atom. The van der Waals surface area contributed by atoms with Gasteiger partial charge in [-0.2, -0.15) is 4.98 Å². The Morgan fingerprint density at radius 3 is 2.48 bits per heavy atom. The first kappa shape index (κ1) is 35.6. The Labute approximate surface area is 302 Å². The van der Waals surface area contributed by atoms with Crippen molar-refractivity contribution >= 4 is 46.6 Å². The molecule has 0 radical (unpaired) electrons. The fourth-order valence-electron chi connectivity index (χ4n) is 5.84. The molecule has 0 unspecified atom stereocenters. The summed E-state index contributed by atoms with van der Waals surface area (Å²) in [6.07, 6.45) is 5.79. The van der Waals surface area contributed by atoms with E-state index in [2.05, 4.69) is 55.7 Å². The number of fused-ring (bicyclic) bond motifs is 1. The molecule has 2 aromatic carbocycles. The van der Waals surface area contributed by atoms with E-state index in [9.17, 15) is 9.59 Å². The summed E-state index contributed by atoms with van der Waals surface area (Å²) in [4.78, 5) is 50.0. The van der Waals surface area contributed by atoms with E-state index in [1.54, 1.807) is 30.3 Å². The van der Waals surface area contributed by atoms with Crippen LogP contribution in [-0.4, -0.2) is 73.4 Å². The van der Waals surface area contributed by atoms with E-state index in [0.29, 0.717) is 55.3 Å². The molecular weight excluding hydrogens is 658 g/mol. The first-order valence-corrected chi connectivity index (χ1v) is 17.1. The van der Waals surface area contributed by atoms with Crippen LogP contribution in [0.15, 0.2) is 94.7 Å². The van der Waals surface area contributed by atoms with Gasteiger partial charge in [-0.25, -0.2) is 14.8 Å². The lowest BCUT2D eigenvalue weighted by Gasteiger charge is -2.32. The molecule has 0 saturated carbocycles. The number of hydrogen-bond donors (Lipinski definition) is 2. The molecule has 3 aromatic heterocycles. The van der Waals surface area contributed by atoms with Crippen LogP contribution in [0.4, 0.5) is 10.6 Å². The number of pyridine rings is 1. The van der Waals surface area contributed by atoms with E-state index in [1.807, 2.05) is 69.3 Å². The van der Waals surface area contributed by atoms with Gasteiger partial charge in [0.1, 0.15) is 11.4 Å². The summed E-state index contributed by atoms with van der Waals surface area (Å²) < 4.78 is 10.8. The molecule has 0 aliphatic carbocycles. The number of aromatic nitrogens is 5. The standard InChI is InChI=1S/C39H41N9O4/c1-25(33-46-36(52-47-33)37(49)48-20-17-28(18-21-48)43-38(50)51-39(2,3)4)22-27(23-40-5)34-44-31-16-11-15-30(26-12-7-6-8-13-26)32(31)35(45-34)42-24-29-14-9-10-19-41-29/h6-16,19,22-23,28H,5,17-18,20-21,24H2,1-4H3,(H,43,50)(H,42,44,45)/b25-22+,27-23+. The number of alkyl carbamates (subject to hydrolysis) is 1. The van der Waals surface area contributed by atoms with Crippen LogP contribution in [-0.2, 0) is 11.3 Å². The van der Waals surface area contributed by atoms with Gasteiger partial charge in [-0.15, -0.1) is 0 Å². The number of piperidine rings is 1. The Kier molecular flexibility index (Phi) is 10.8. The van der Waals surface area contributed by atoms with Crippen LogP contribution in [0.5, 0.6) is 0 Å². The zero-order chi connectivity index (χ0) is 36.7. The molecule has 13 heteroatoms. The molecule has 2 amide bonds. The summed E-state index contributed by atoms with van der Waals surface area (Å²) >= 11 is 0. The highest BCUT2D eigenvalue weighted by Gasteiger charge is 2.29. The molecule has 13 nitrogen and oxygen atoms in total. The number of ether oxygens (including phenoxy) is 1. The molecule has 0 atom stereocenters. The Hall–Kier alpha value is -6.24. The minimum atomic E-state index is -0.586. The minimum Gasteiger partial charge on any atom is -0.444 e. The number of carbonyl (C=O) groups is 2. The van der Waals surface area contributed by atoms with E-state index in [4.69, 9.17) is 19.2 Å². The summed E-state index contributed by atoms with van der Waals surface area (Å²) in [5, 5.41) is 11.3. The molecule has 1 saturated heterocycles. The molecule has 1 fully saturated rings. The molecule has 52 heavy (non-hydrogen) atoms. The molecule has 4 heterocycles. The number of benzene rings is 2. The van der Waals surface area contributed by atoms with Gasteiger partial charge in [-0.3, -0.25) is 14.8 Å². The Bertz CT molecular complexity index is 2110. The molecule has 1 aliphatic rings. The normalized spacial score (nSPS) is 14.3. The van der Waals surface area contributed by atoms with Crippen molar-refractivity contribution in [3.63, 3.8) is 0 Å². The number of carbonyl (C=O) groups excluding carboxylic acids is 2. The van der Waals surface area contributed by atoms with E-state index >= 15 is 0 Å². The smallest absolute Gasteiger partial charge is 0.407 e. The SMILES string of the molecule is C=N/C=C(\C=C(/C)c1noc(C(=O)N2CCC(NC(=O)OC(C)(C)C)CC2)n1)c1nc(NCc2ccccn2)c2c(-c3ccccc3)cccc2n1. The highest BCUT2D eigenvalue weighted by molar-refractivity contribution is 6.02. The third-order valence-electron chi connectivity index (χ3n) is 8.30. The van der Waals surface area contributed by atoms with Crippen LogP contribution in [0.1, 0.15) is 68.6 Å². The number of aliphatic imine (C=N–C) groups is 1. The molecular formula is C39H41N9O4. The number of nitrogens with zero attached hydrogens (tertiary/aromatic N) is 7. The second-order valence-electron chi connectivity index (χ2n) is 13.4. The van der Waals surface area contributed by atoms with E-state index in [0.717, 1.165) is 27.7 Å². The number of rotatable bonds is 10. The summed E-state index contributed by atoms with van der Waals surface area (Å²) in [5.74, 6) is 0.770. The molecule has 5 aromatic rings. The summed E-state index contributed by atoms with van der Waals surface area (Å²) in [7, 11) is 0. The molecule has 0 spiro atoms. The average Bonchev–Trinajstić information content (AvgIpc) is 3.64. The van der Waals surface area contributed by atoms with E-state index in [-0.39, 0.29) is 23.7 Å². The van der Waals surface area contributed by atoms with Crippen molar-refractivity contribution in [3.05, 3.63) is 108 Å². The molecule has 1 aliphatic heterocycles. The van der Waals surface area contributed by atoms with Crippen LogP contribution in [0.25, 0.3) is 33.2 Å². The maximum atomic E-state index is 13.3. The van der Waals surface area contributed by atoms with Crippen LogP contribution >= 0.6 is 0 Å². The lowest BCUT2D eigenvalue weighted by molar-refractivity contribution is 0.0468. The van der Waals surface area contributed by atoms with E-state index < -0.39 is 11.7 Å². The first-order valence-electron chi connectivity index (χ1n) is 17.1. The second-order valence-corrected chi connectivity index (χ2v) is 13.4. The van der Waals surface area contributed by atoms with Crippen molar-refractivity contribution in [3.8, 4) is 11.1 Å². The summed E-state index contributed by atoms with van der Waals surface area (Å²) in [6, 6.07) is 21.7. The van der Waals surface area contributed by atoms with Crippen molar-refractivity contribution in [2.24, 2.45) is 4.99 Å². The Balaban J connectivity index is 1.23. The maximum Gasteiger partial charge on any atom is 0.407 e. The molecule has 2 N–H and O–H groups in total. The van der Waals surface area contributed by atoms with E-state index in [1.165, 1.54) is 0 Å². The summed E-state index contributed by atoms with van der Waals surface area (Å²) in [5.41, 5.74) is 4.18. The number of hydrogen-bond acceptors (Lipinski definition) is 11. The Morgan fingerprint density at radius 2 is 1.77 bits per heavy atom. The highest BCUT2D eigenvalue weighted by Crippen LogP contribution is 2.34. The minimum absolute atomic E-state index is 0.0982. The summed E-state index contributed by atoms with van der Waals surface area (Å²) in [6.45, 7) is 12.2. The zero-order valence-electron chi connectivity index (χ0n) is 29.7. The van der Waals surface area contributed by atoms with Crippen molar-refractivity contribution < 1.29 is 18.8 Å². The topological polar surface area (TPSA) is 161 Å². The number of amides is 2. The van der Waals surface area contributed by atoms with Crippen molar-refractivity contribution in [1.29, 1.82) is 0 Å². The monoisotopic (exact) mass is 699 g/mol. The van der Waals surface area contributed by atoms with Crippen molar-refractivity contribution in [2.75, 3.05) is 18.4 Å². The van der Waals surface area contributed by atoms with Gasteiger partial charge in [-0.05, 0) is 88.2 Å². The third kappa shape index (κ3) is 8.73.